The molecule has 0 fully saturated rings. The van der Waals surface area contributed by atoms with Gasteiger partial charge in [-0.05, 0) is 56.7 Å². The number of aromatic nitrogens is 1. The highest BCUT2D eigenvalue weighted by Crippen LogP contribution is 2.00. The Kier molecular flexibility index (Phi) is 12.1. The maximum atomic E-state index is 4.61. The van der Waals surface area contributed by atoms with Gasteiger partial charge in [-0.2, -0.15) is 11.8 Å². The SMILES string of the molecule is CCNC(=NCCCCSC)NCCCCNc1ccccn1. The molecular weight excluding hydrogens is 306 g/mol. The molecule has 0 radical (unpaired) electrons. The molecule has 6 heteroatoms. The molecule has 0 unspecified atom stereocenters. The van der Waals surface area contributed by atoms with Crippen LogP contribution in [0.1, 0.15) is 32.6 Å². The predicted octanol–water partition coefficient (Wildman–Crippen LogP) is 2.97. The zero-order valence-electron chi connectivity index (χ0n) is 14.5. The van der Waals surface area contributed by atoms with Crippen LogP contribution in [-0.2, 0) is 0 Å². The molecule has 0 aliphatic heterocycles. The second-order valence-electron chi connectivity index (χ2n) is 5.24. The van der Waals surface area contributed by atoms with Gasteiger partial charge in [-0.25, -0.2) is 4.98 Å². The number of aliphatic imine (C=N–C) groups is 1. The number of rotatable bonds is 12. The van der Waals surface area contributed by atoms with Crippen LogP contribution in [0.3, 0.4) is 0 Å². The standard InChI is InChI=1S/C17H31N5S/c1-3-18-17(22-14-8-9-15-23-2)21-13-7-6-12-20-16-10-4-5-11-19-16/h4-5,10-11H,3,6-9,12-15H2,1-2H3,(H,19,20)(H2,18,21,22). The van der Waals surface area contributed by atoms with E-state index in [9.17, 15) is 0 Å². The summed E-state index contributed by atoms with van der Waals surface area (Å²) in [5.74, 6) is 3.11. The molecule has 3 N–H and O–H groups in total. The summed E-state index contributed by atoms with van der Waals surface area (Å²) in [6.07, 6.45) is 8.57. The summed E-state index contributed by atoms with van der Waals surface area (Å²) in [5.41, 5.74) is 0. The van der Waals surface area contributed by atoms with Crippen molar-refractivity contribution in [2.45, 2.75) is 32.6 Å². The number of hydrogen-bond donors (Lipinski definition) is 3. The fraction of sp³-hybridized carbons (Fsp3) is 0.647. The van der Waals surface area contributed by atoms with Gasteiger partial charge in [-0.1, -0.05) is 6.07 Å². The molecule has 0 spiro atoms. The first-order chi connectivity index (χ1) is 11.4. The fourth-order valence-corrected chi connectivity index (χ4v) is 2.52. The molecule has 1 aromatic heterocycles. The maximum Gasteiger partial charge on any atom is 0.191 e. The van der Waals surface area contributed by atoms with Gasteiger partial charge in [0.2, 0.25) is 0 Å². The van der Waals surface area contributed by atoms with Gasteiger partial charge in [0.05, 0.1) is 0 Å². The molecule has 23 heavy (non-hydrogen) atoms. The van der Waals surface area contributed by atoms with E-state index in [1.54, 1.807) is 0 Å². The summed E-state index contributed by atoms with van der Waals surface area (Å²) in [5, 5.41) is 10.0. The van der Waals surface area contributed by atoms with Gasteiger partial charge in [0.25, 0.3) is 0 Å². The largest absolute Gasteiger partial charge is 0.370 e. The molecule has 0 amide bonds. The number of pyridine rings is 1. The Bertz CT molecular complexity index is 411. The Labute approximate surface area is 145 Å². The molecule has 1 aromatic rings. The summed E-state index contributed by atoms with van der Waals surface area (Å²) < 4.78 is 0. The van der Waals surface area contributed by atoms with E-state index < -0.39 is 0 Å². The highest BCUT2D eigenvalue weighted by atomic mass is 32.2. The number of nitrogens with zero attached hydrogens (tertiary/aromatic N) is 2. The van der Waals surface area contributed by atoms with Gasteiger partial charge in [-0.15, -0.1) is 0 Å². The minimum absolute atomic E-state index is 0.900. The second kappa shape index (κ2) is 14.2. The second-order valence-corrected chi connectivity index (χ2v) is 6.22. The Balaban J connectivity index is 2.08. The quantitative estimate of drug-likeness (QED) is 0.311. The van der Waals surface area contributed by atoms with Crippen molar-refractivity contribution in [3.05, 3.63) is 24.4 Å². The summed E-state index contributed by atoms with van der Waals surface area (Å²) in [7, 11) is 0. The molecule has 0 saturated heterocycles. The first-order valence-corrected chi connectivity index (χ1v) is 9.92. The number of nitrogens with one attached hydrogen (secondary N) is 3. The van der Waals surface area contributed by atoms with E-state index in [0.717, 1.165) is 57.2 Å². The van der Waals surface area contributed by atoms with Gasteiger partial charge in [0.15, 0.2) is 5.96 Å². The number of thioether (sulfide) groups is 1. The molecule has 0 aromatic carbocycles. The molecule has 130 valence electrons. The third-order valence-electron chi connectivity index (χ3n) is 3.24. The van der Waals surface area contributed by atoms with Crippen molar-refractivity contribution in [2.75, 3.05) is 43.5 Å². The minimum Gasteiger partial charge on any atom is -0.370 e. The van der Waals surface area contributed by atoms with Crippen LogP contribution in [0.25, 0.3) is 0 Å². The Morgan fingerprint density at radius 2 is 2.00 bits per heavy atom. The van der Waals surface area contributed by atoms with Gasteiger partial charge in [-0.3, -0.25) is 4.99 Å². The summed E-state index contributed by atoms with van der Waals surface area (Å²) >= 11 is 1.90. The summed E-state index contributed by atoms with van der Waals surface area (Å²) in [6, 6.07) is 5.91. The molecule has 0 bridgehead atoms. The topological polar surface area (TPSA) is 61.3 Å². The zero-order valence-corrected chi connectivity index (χ0v) is 15.3. The van der Waals surface area contributed by atoms with E-state index in [1.807, 2.05) is 36.2 Å². The average molecular weight is 338 g/mol. The molecule has 0 aliphatic carbocycles. The van der Waals surface area contributed by atoms with Crippen molar-refractivity contribution in [3.63, 3.8) is 0 Å². The highest BCUT2D eigenvalue weighted by molar-refractivity contribution is 7.98. The van der Waals surface area contributed by atoms with Crippen LogP contribution in [0, 0.1) is 0 Å². The van der Waals surface area contributed by atoms with Crippen LogP contribution >= 0.6 is 11.8 Å². The van der Waals surface area contributed by atoms with Crippen LogP contribution in [0.15, 0.2) is 29.4 Å². The molecule has 1 rings (SSSR count). The molecule has 5 nitrogen and oxygen atoms in total. The van der Waals surface area contributed by atoms with Gasteiger partial charge in [0, 0.05) is 32.4 Å². The molecule has 0 atom stereocenters. The lowest BCUT2D eigenvalue weighted by molar-refractivity contribution is 0.708. The van der Waals surface area contributed by atoms with Crippen molar-refractivity contribution in [1.29, 1.82) is 0 Å². The molecular formula is C17H31N5S. The van der Waals surface area contributed by atoms with Crippen LogP contribution in [0.2, 0.25) is 0 Å². The molecule has 1 heterocycles. The summed E-state index contributed by atoms with van der Waals surface area (Å²) in [4.78, 5) is 8.86. The van der Waals surface area contributed by atoms with E-state index in [0.29, 0.717) is 0 Å². The maximum absolute atomic E-state index is 4.61. The minimum atomic E-state index is 0.900. The number of anilines is 1. The fourth-order valence-electron chi connectivity index (χ4n) is 2.03. The van der Waals surface area contributed by atoms with Crippen molar-refractivity contribution >= 4 is 23.5 Å². The Hall–Kier alpha value is -1.43. The van der Waals surface area contributed by atoms with E-state index in [2.05, 4.69) is 39.1 Å². The van der Waals surface area contributed by atoms with E-state index >= 15 is 0 Å². The summed E-state index contributed by atoms with van der Waals surface area (Å²) in [6.45, 7) is 5.79. The van der Waals surface area contributed by atoms with Gasteiger partial charge < -0.3 is 16.0 Å². The lowest BCUT2D eigenvalue weighted by Crippen LogP contribution is -2.38. The van der Waals surface area contributed by atoms with Crippen LogP contribution in [0.5, 0.6) is 0 Å². The normalized spacial score (nSPS) is 11.3. The predicted molar refractivity (Wildman–Crippen MR) is 104 cm³/mol. The van der Waals surface area contributed by atoms with Gasteiger partial charge >= 0.3 is 0 Å². The third-order valence-corrected chi connectivity index (χ3v) is 3.93. The smallest absolute Gasteiger partial charge is 0.191 e. The van der Waals surface area contributed by atoms with Crippen molar-refractivity contribution in [3.8, 4) is 0 Å². The van der Waals surface area contributed by atoms with Crippen LogP contribution < -0.4 is 16.0 Å². The van der Waals surface area contributed by atoms with E-state index in [1.165, 1.54) is 12.2 Å². The lowest BCUT2D eigenvalue weighted by Gasteiger charge is -2.11. The highest BCUT2D eigenvalue weighted by Gasteiger charge is 1.97. The molecule has 0 saturated carbocycles. The van der Waals surface area contributed by atoms with Crippen molar-refractivity contribution in [2.24, 2.45) is 4.99 Å². The van der Waals surface area contributed by atoms with Crippen LogP contribution in [0.4, 0.5) is 5.82 Å². The zero-order chi connectivity index (χ0) is 16.6. The van der Waals surface area contributed by atoms with Gasteiger partial charge in [0.1, 0.15) is 5.82 Å². The van der Waals surface area contributed by atoms with E-state index in [-0.39, 0.29) is 0 Å². The number of guanidine groups is 1. The average Bonchev–Trinajstić information content (AvgIpc) is 2.58. The first-order valence-electron chi connectivity index (χ1n) is 8.53. The number of unbranched alkanes of at least 4 members (excludes halogenated alkanes) is 2. The van der Waals surface area contributed by atoms with Crippen molar-refractivity contribution in [1.82, 2.24) is 15.6 Å². The van der Waals surface area contributed by atoms with Crippen molar-refractivity contribution < 1.29 is 0 Å². The number of hydrogen-bond acceptors (Lipinski definition) is 4. The monoisotopic (exact) mass is 337 g/mol. The van der Waals surface area contributed by atoms with Crippen LogP contribution in [-0.4, -0.2) is 49.1 Å². The Morgan fingerprint density at radius 1 is 1.13 bits per heavy atom. The van der Waals surface area contributed by atoms with E-state index in [4.69, 9.17) is 0 Å². The first kappa shape index (κ1) is 19.6. The Morgan fingerprint density at radius 3 is 2.74 bits per heavy atom. The molecule has 0 aliphatic rings. The third kappa shape index (κ3) is 10.8. The lowest BCUT2D eigenvalue weighted by atomic mass is 10.3.